The molecule has 0 aliphatic rings. The molecule has 0 saturated heterocycles. The summed E-state index contributed by atoms with van der Waals surface area (Å²) in [4.78, 5) is 15.9. The van der Waals surface area contributed by atoms with Gasteiger partial charge in [-0.15, -0.1) is 0 Å². The Labute approximate surface area is 126 Å². The van der Waals surface area contributed by atoms with Crippen LogP contribution in [0.5, 0.6) is 5.75 Å². The lowest BCUT2D eigenvalue weighted by Gasteiger charge is -2.07. The molecule has 0 amide bonds. The van der Waals surface area contributed by atoms with Crippen LogP contribution < -0.4 is 0 Å². The maximum Gasteiger partial charge on any atom is 0.360 e. The number of nitriles is 1. The van der Waals surface area contributed by atoms with Gasteiger partial charge in [0.2, 0.25) is 0 Å². The van der Waals surface area contributed by atoms with Gasteiger partial charge in [0.05, 0.1) is 17.5 Å². The maximum absolute atomic E-state index is 12.0. The van der Waals surface area contributed by atoms with Crippen LogP contribution in [0.2, 0.25) is 0 Å². The van der Waals surface area contributed by atoms with Gasteiger partial charge in [0, 0.05) is 18.0 Å². The third-order valence-electron chi connectivity index (χ3n) is 3.59. The minimum atomic E-state index is -0.744. The summed E-state index contributed by atoms with van der Waals surface area (Å²) in [6, 6.07) is 9.38. The number of benzene rings is 1. The largest absolute Gasteiger partial charge is 0.505 e. The normalized spacial score (nSPS) is 10.8. The fraction of sp³-hybridized carbons (Fsp3) is 0.188. The molecule has 22 heavy (non-hydrogen) atoms. The van der Waals surface area contributed by atoms with Crippen molar-refractivity contribution in [1.82, 2.24) is 9.55 Å². The Morgan fingerprint density at radius 1 is 1.45 bits per heavy atom. The molecule has 0 aliphatic heterocycles. The molecule has 6 heteroatoms. The topological polar surface area (TPSA) is 88.1 Å². The van der Waals surface area contributed by atoms with Gasteiger partial charge in [-0.2, -0.15) is 5.26 Å². The number of rotatable bonds is 2. The van der Waals surface area contributed by atoms with E-state index in [2.05, 4.69) is 4.98 Å². The van der Waals surface area contributed by atoms with E-state index in [-0.39, 0.29) is 23.7 Å². The Bertz CT molecular complexity index is 951. The van der Waals surface area contributed by atoms with Crippen molar-refractivity contribution in [3.05, 3.63) is 35.7 Å². The van der Waals surface area contributed by atoms with Crippen LogP contribution in [0, 0.1) is 11.3 Å². The van der Waals surface area contributed by atoms with Crippen LogP contribution in [0.15, 0.2) is 24.3 Å². The zero-order valence-corrected chi connectivity index (χ0v) is 12.1. The average molecular weight is 295 g/mol. The average Bonchev–Trinajstić information content (AvgIpc) is 2.83. The highest BCUT2D eigenvalue weighted by Gasteiger charge is 2.24. The number of aryl methyl sites for hydroxylation is 1. The minimum absolute atomic E-state index is 0.0783. The number of aromatic hydroxyl groups is 1. The van der Waals surface area contributed by atoms with Crippen LogP contribution in [0.3, 0.4) is 0 Å². The molecule has 0 atom stereocenters. The standard InChI is InChI=1S/C16H13N3O3/c1-3-22-16(21)13-15(20)12-9-6-4-5-7-11(9)19(2)14(12)10(8-17)18-13/h4-7,20H,3H2,1-2H3. The van der Waals surface area contributed by atoms with Crippen LogP contribution >= 0.6 is 0 Å². The van der Waals surface area contributed by atoms with Crippen LogP contribution in [0.4, 0.5) is 0 Å². The van der Waals surface area contributed by atoms with E-state index < -0.39 is 5.97 Å². The summed E-state index contributed by atoms with van der Waals surface area (Å²) >= 11 is 0. The highest BCUT2D eigenvalue weighted by Crippen LogP contribution is 2.37. The number of carbonyl (C=O) groups excluding carboxylic acids is 1. The van der Waals surface area contributed by atoms with Crippen LogP contribution in [0.1, 0.15) is 23.1 Å². The summed E-state index contributed by atoms with van der Waals surface area (Å²) in [7, 11) is 1.79. The first kappa shape index (κ1) is 13.9. The highest BCUT2D eigenvalue weighted by molar-refractivity contribution is 6.14. The van der Waals surface area contributed by atoms with Gasteiger partial charge in [-0.1, -0.05) is 18.2 Å². The first-order valence-corrected chi connectivity index (χ1v) is 6.77. The van der Waals surface area contributed by atoms with Gasteiger partial charge in [-0.05, 0) is 13.0 Å². The summed E-state index contributed by atoms with van der Waals surface area (Å²) in [5.74, 6) is -1.00. The number of ether oxygens (including phenoxy) is 1. The molecule has 2 aromatic heterocycles. The molecule has 1 N–H and O–H groups in total. The highest BCUT2D eigenvalue weighted by atomic mass is 16.5. The van der Waals surface area contributed by atoms with Gasteiger partial charge in [0.1, 0.15) is 6.07 Å². The number of para-hydroxylation sites is 1. The van der Waals surface area contributed by atoms with Crippen molar-refractivity contribution < 1.29 is 14.6 Å². The van der Waals surface area contributed by atoms with Crippen molar-refractivity contribution in [2.45, 2.75) is 6.92 Å². The molecule has 0 saturated carbocycles. The van der Waals surface area contributed by atoms with E-state index in [9.17, 15) is 15.2 Å². The predicted molar refractivity (Wildman–Crippen MR) is 80.6 cm³/mol. The minimum Gasteiger partial charge on any atom is -0.505 e. The number of aromatic nitrogens is 2. The second-order valence-corrected chi connectivity index (χ2v) is 4.79. The SMILES string of the molecule is CCOC(=O)c1nc(C#N)c2c(c1O)c1ccccc1n2C. The fourth-order valence-electron chi connectivity index (χ4n) is 2.67. The molecule has 0 spiro atoms. The number of fused-ring (bicyclic) bond motifs is 3. The molecule has 0 fully saturated rings. The predicted octanol–water partition coefficient (Wildman–Crippen LogP) is 2.48. The molecule has 3 rings (SSSR count). The van der Waals surface area contributed by atoms with E-state index in [0.717, 1.165) is 10.9 Å². The molecule has 0 aliphatic carbocycles. The zero-order chi connectivity index (χ0) is 15.9. The quantitative estimate of drug-likeness (QED) is 0.734. The van der Waals surface area contributed by atoms with Crippen molar-refractivity contribution in [2.24, 2.45) is 7.05 Å². The number of carbonyl (C=O) groups is 1. The first-order valence-electron chi connectivity index (χ1n) is 6.77. The van der Waals surface area contributed by atoms with Crippen LogP contribution in [-0.4, -0.2) is 27.2 Å². The van der Waals surface area contributed by atoms with E-state index in [4.69, 9.17) is 4.74 Å². The van der Waals surface area contributed by atoms with Gasteiger partial charge < -0.3 is 14.4 Å². The Morgan fingerprint density at radius 2 is 2.18 bits per heavy atom. The Morgan fingerprint density at radius 3 is 2.86 bits per heavy atom. The van der Waals surface area contributed by atoms with E-state index >= 15 is 0 Å². The molecule has 0 radical (unpaired) electrons. The first-order chi connectivity index (χ1) is 10.6. The number of hydrogen-bond donors (Lipinski definition) is 1. The Balaban J connectivity index is 2.50. The van der Waals surface area contributed by atoms with E-state index in [1.165, 1.54) is 0 Å². The molecule has 0 unspecified atom stereocenters. The van der Waals surface area contributed by atoms with Crippen LogP contribution in [0.25, 0.3) is 21.8 Å². The molecule has 0 bridgehead atoms. The lowest BCUT2D eigenvalue weighted by atomic mass is 10.1. The number of hydrogen-bond acceptors (Lipinski definition) is 5. The second kappa shape index (κ2) is 5.04. The molecule has 110 valence electrons. The Hall–Kier alpha value is -3.07. The maximum atomic E-state index is 12.0. The number of esters is 1. The summed E-state index contributed by atoms with van der Waals surface area (Å²) in [5.41, 5.74) is 1.18. The lowest BCUT2D eigenvalue weighted by Crippen LogP contribution is -2.09. The smallest absolute Gasteiger partial charge is 0.360 e. The van der Waals surface area contributed by atoms with Crippen molar-refractivity contribution in [3.63, 3.8) is 0 Å². The monoisotopic (exact) mass is 295 g/mol. The summed E-state index contributed by atoms with van der Waals surface area (Å²) in [6.45, 7) is 1.83. The summed E-state index contributed by atoms with van der Waals surface area (Å²) in [5, 5.41) is 21.0. The molecule has 2 heterocycles. The van der Waals surface area contributed by atoms with Crippen molar-refractivity contribution >= 4 is 27.8 Å². The fourth-order valence-corrected chi connectivity index (χ4v) is 2.67. The summed E-state index contributed by atoms with van der Waals surface area (Å²) < 4.78 is 6.68. The van der Waals surface area contributed by atoms with Crippen molar-refractivity contribution in [2.75, 3.05) is 6.61 Å². The molecule has 3 aromatic rings. The Kier molecular flexibility index (Phi) is 3.18. The molecular weight excluding hydrogens is 282 g/mol. The van der Waals surface area contributed by atoms with Gasteiger partial charge in [-0.25, -0.2) is 9.78 Å². The van der Waals surface area contributed by atoms with E-state index in [0.29, 0.717) is 10.9 Å². The van der Waals surface area contributed by atoms with Gasteiger partial charge in [0.25, 0.3) is 0 Å². The third kappa shape index (κ3) is 1.79. The zero-order valence-electron chi connectivity index (χ0n) is 12.1. The van der Waals surface area contributed by atoms with Gasteiger partial charge >= 0.3 is 5.97 Å². The summed E-state index contributed by atoms with van der Waals surface area (Å²) in [6.07, 6.45) is 0. The van der Waals surface area contributed by atoms with Gasteiger partial charge in [0.15, 0.2) is 17.1 Å². The van der Waals surface area contributed by atoms with E-state index in [1.807, 2.05) is 30.3 Å². The molecule has 1 aromatic carbocycles. The number of pyridine rings is 1. The second-order valence-electron chi connectivity index (χ2n) is 4.79. The lowest BCUT2D eigenvalue weighted by molar-refractivity contribution is 0.0516. The number of nitrogens with zero attached hydrogens (tertiary/aromatic N) is 3. The van der Waals surface area contributed by atoms with E-state index in [1.54, 1.807) is 18.5 Å². The third-order valence-corrected chi connectivity index (χ3v) is 3.59. The van der Waals surface area contributed by atoms with Gasteiger partial charge in [-0.3, -0.25) is 0 Å². The van der Waals surface area contributed by atoms with Crippen LogP contribution in [-0.2, 0) is 11.8 Å². The molecular formula is C16H13N3O3. The van der Waals surface area contributed by atoms with Crippen molar-refractivity contribution in [1.29, 1.82) is 5.26 Å². The van der Waals surface area contributed by atoms with Crippen molar-refractivity contribution in [3.8, 4) is 11.8 Å². The molecule has 6 nitrogen and oxygen atoms in total.